The number of hydrogen-bond acceptors (Lipinski definition) is 1. The highest BCUT2D eigenvalue weighted by molar-refractivity contribution is 9.09. The first-order valence-corrected chi connectivity index (χ1v) is 6.51. The molecule has 0 amide bonds. The number of piperidine rings is 1. The van der Waals surface area contributed by atoms with E-state index < -0.39 is 0 Å². The summed E-state index contributed by atoms with van der Waals surface area (Å²) in [6, 6.07) is 0. The lowest BCUT2D eigenvalue weighted by molar-refractivity contribution is 0.201. The molecule has 1 fully saturated rings. The number of halogens is 1. The number of nitrogens with zero attached hydrogens (tertiary/aromatic N) is 1. The number of hydrogen-bond donors (Lipinski definition) is 0. The fourth-order valence-electron chi connectivity index (χ4n) is 1.91. The molecule has 1 atom stereocenters. The molecule has 0 N–H and O–H groups in total. The van der Waals surface area contributed by atoms with Gasteiger partial charge in [-0.05, 0) is 45.7 Å². The van der Waals surface area contributed by atoms with Crippen LogP contribution < -0.4 is 0 Å². The monoisotopic (exact) mass is 259 g/mol. The van der Waals surface area contributed by atoms with Gasteiger partial charge in [-0.25, -0.2) is 0 Å². The van der Waals surface area contributed by atoms with Gasteiger partial charge in [-0.15, -0.1) is 0 Å². The fraction of sp³-hybridized carbons (Fsp3) is 0.833. The highest BCUT2D eigenvalue weighted by Crippen LogP contribution is 2.24. The Morgan fingerprint density at radius 1 is 1.43 bits per heavy atom. The van der Waals surface area contributed by atoms with Crippen molar-refractivity contribution in [2.24, 2.45) is 5.92 Å². The lowest BCUT2D eigenvalue weighted by Gasteiger charge is -2.32. The molecular weight excluding hydrogens is 238 g/mol. The van der Waals surface area contributed by atoms with E-state index in [0.29, 0.717) is 4.83 Å². The van der Waals surface area contributed by atoms with Crippen molar-refractivity contribution in [3.8, 4) is 0 Å². The van der Waals surface area contributed by atoms with E-state index in [-0.39, 0.29) is 0 Å². The van der Waals surface area contributed by atoms with Crippen LogP contribution in [0.4, 0.5) is 0 Å². The summed E-state index contributed by atoms with van der Waals surface area (Å²) < 4.78 is 0. The van der Waals surface area contributed by atoms with Crippen LogP contribution in [0.1, 0.15) is 33.6 Å². The van der Waals surface area contributed by atoms with Crippen molar-refractivity contribution in [2.75, 3.05) is 19.6 Å². The van der Waals surface area contributed by atoms with Crippen LogP contribution in [-0.4, -0.2) is 29.4 Å². The van der Waals surface area contributed by atoms with Gasteiger partial charge in [-0.1, -0.05) is 34.5 Å². The van der Waals surface area contributed by atoms with Crippen LogP contribution in [-0.2, 0) is 0 Å². The Kier molecular flexibility index (Phi) is 5.18. The van der Waals surface area contributed by atoms with Gasteiger partial charge in [0.2, 0.25) is 0 Å². The average Bonchev–Trinajstić information content (AvgIpc) is 2.15. The van der Waals surface area contributed by atoms with Crippen LogP contribution in [0, 0.1) is 5.92 Å². The fourth-order valence-corrected chi connectivity index (χ4v) is 2.44. The second kappa shape index (κ2) is 5.92. The van der Waals surface area contributed by atoms with Crippen molar-refractivity contribution < 1.29 is 0 Å². The third kappa shape index (κ3) is 4.14. The molecule has 0 saturated carbocycles. The van der Waals surface area contributed by atoms with E-state index in [0.717, 1.165) is 12.5 Å². The summed E-state index contributed by atoms with van der Waals surface area (Å²) in [5.41, 5.74) is 1.43. The molecule has 14 heavy (non-hydrogen) atoms. The number of rotatable bonds is 3. The first kappa shape index (κ1) is 12.3. The lowest BCUT2D eigenvalue weighted by Crippen LogP contribution is -2.35. The number of alkyl halides is 1. The van der Waals surface area contributed by atoms with Crippen molar-refractivity contribution >= 4 is 15.9 Å². The van der Waals surface area contributed by atoms with Crippen molar-refractivity contribution in [1.29, 1.82) is 0 Å². The lowest BCUT2D eigenvalue weighted by atomic mass is 9.94. The molecule has 1 aliphatic rings. The summed E-state index contributed by atoms with van der Waals surface area (Å²) in [6.45, 7) is 10.3. The molecule has 1 nitrogen and oxygen atoms in total. The first-order chi connectivity index (χ1) is 6.59. The zero-order valence-electron chi connectivity index (χ0n) is 9.59. The summed E-state index contributed by atoms with van der Waals surface area (Å²) in [4.78, 5) is 3.24. The summed E-state index contributed by atoms with van der Waals surface area (Å²) in [5, 5.41) is 0. The standard InChI is InChI=1S/C12H22BrN/c1-10(2)4-7-14-8-5-12(6-9-14)11(3)13/h4,11-12H,5-9H2,1-3H3. The third-order valence-corrected chi connectivity index (χ3v) is 3.79. The second-order valence-corrected chi connectivity index (χ2v) is 6.04. The van der Waals surface area contributed by atoms with Gasteiger partial charge < -0.3 is 0 Å². The Balaban J connectivity index is 2.25. The summed E-state index contributed by atoms with van der Waals surface area (Å²) >= 11 is 3.69. The molecular formula is C12H22BrN. The third-order valence-electron chi connectivity index (χ3n) is 3.04. The molecule has 0 aliphatic carbocycles. The Morgan fingerprint density at radius 2 is 2.00 bits per heavy atom. The van der Waals surface area contributed by atoms with Gasteiger partial charge in [0.05, 0.1) is 0 Å². The SMILES string of the molecule is CC(C)=CCN1CCC(C(C)Br)CC1. The largest absolute Gasteiger partial charge is 0.300 e. The van der Waals surface area contributed by atoms with E-state index in [2.05, 4.69) is 47.7 Å². The minimum Gasteiger partial charge on any atom is -0.300 e. The van der Waals surface area contributed by atoms with Crippen LogP contribution in [0.25, 0.3) is 0 Å². The minimum absolute atomic E-state index is 0.688. The zero-order valence-corrected chi connectivity index (χ0v) is 11.2. The second-order valence-electron chi connectivity index (χ2n) is 4.60. The normalized spacial score (nSPS) is 22.0. The van der Waals surface area contributed by atoms with Gasteiger partial charge in [-0.2, -0.15) is 0 Å². The van der Waals surface area contributed by atoms with Crippen LogP contribution in [0.2, 0.25) is 0 Å². The predicted molar refractivity (Wildman–Crippen MR) is 67.0 cm³/mol. The van der Waals surface area contributed by atoms with E-state index in [1.807, 2.05) is 0 Å². The molecule has 0 radical (unpaired) electrons. The minimum atomic E-state index is 0.688. The van der Waals surface area contributed by atoms with Crippen molar-refractivity contribution in [3.05, 3.63) is 11.6 Å². The number of allylic oxidation sites excluding steroid dienone is 1. The van der Waals surface area contributed by atoms with Crippen LogP contribution in [0.5, 0.6) is 0 Å². The van der Waals surface area contributed by atoms with E-state index in [9.17, 15) is 0 Å². The summed E-state index contributed by atoms with van der Waals surface area (Å²) in [7, 11) is 0. The Morgan fingerprint density at radius 3 is 2.43 bits per heavy atom. The summed E-state index contributed by atoms with van der Waals surface area (Å²) in [6.07, 6.45) is 5.03. The molecule has 0 aromatic carbocycles. The Bertz CT molecular complexity index is 186. The van der Waals surface area contributed by atoms with Crippen LogP contribution >= 0.6 is 15.9 Å². The maximum absolute atomic E-state index is 3.69. The molecule has 82 valence electrons. The van der Waals surface area contributed by atoms with Gasteiger partial charge in [-0.3, -0.25) is 4.90 Å². The maximum Gasteiger partial charge on any atom is 0.0165 e. The van der Waals surface area contributed by atoms with Gasteiger partial charge >= 0.3 is 0 Å². The topological polar surface area (TPSA) is 3.24 Å². The predicted octanol–water partition coefficient (Wildman–Crippen LogP) is 3.45. The molecule has 0 bridgehead atoms. The van der Waals surface area contributed by atoms with Crippen LogP contribution in [0.15, 0.2) is 11.6 Å². The van der Waals surface area contributed by atoms with E-state index >= 15 is 0 Å². The van der Waals surface area contributed by atoms with Gasteiger partial charge in [0.1, 0.15) is 0 Å². The molecule has 0 aromatic rings. The Labute approximate surface area is 96.7 Å². The van der Waals surface area contributed by atoms with Crippen LogP contribution in [0.3, 0.4) is 0 Å². The van der Waals surface area contributed by atoms with E-state index in [4.69, 9.17) is 0 Å². The van der Waals surface area contributed by atoms with Gasteiger partial charge in [0.15, 0.2) is 0 Å². The molecule has 0 spiro atoms. The average molecular weight is 260 g/mol. The maximum atomic E-state index is 3.69. The van der Waals surface area contributed by atoms with E-state index in [1.54, 1.807) is 0 Å². The highest BCUT2D eigenvalue weighted by Gasteiger charge is 2.21. The first-order valence-electron chi connectivity index (χ1n) is 5.59. The van der Waals surface area contributed by atoms with Crippen molar-refractivity contribution in [3.63, 3.8) is 0 Å². The molecule has 1 saturated heterocycles. The van der Waals surface area contributed by atoms with Gasteiger partial charge in [0.25, 0.3) is 0 Å². The summed E-state index contributed by atoms with van der Waals surface area (Å²) in [5.74, 6) is 0.887. The Hall–Kier alpha value is 0.180. The quantitative estimate of drug-likeness (QED) is 0.555. The van der Waals surface area contributed by atoms with Crippen molar-refractivity contribution in [1.82, 2.24) is 4.90 Å². The highest BCUT2D eigenvalue weighted by atomic mass is 79.9. The molecule has 2 heteroatoms. The molecule has 1 aliphatic heterocycles. The van der Waals surface area contributed by atoms with E-state index in [1.165, 1.54) is 31.5 Å². The molecule has 0 aromatic heterocycles. The molecule has 1 heterocycles. The zero-order chi connectivity index (χ0) is 10.6. The van der Waals surface area contributed by atoms with Gasteiger partial charge in [0, 0.05) is 11.4 Å². The molecule has 1 rings (SSSR count). The smallest absolute Gasteiger partial charge is 0.0165 e. The van der Waals surface area contributed by atoms with Crippen molar-refractivity contribution in [2.45, 2.75) is 38.4 Å². The molecule has 1 unspecified atom stereocenters. The number of likely N-dealkylation sites (tertiary alicyclic amines) is 1.